The van der Waals surface area contributed by atoms with E-state index in [1.54, 1.807) is 20.8 Å². The number of amides is 1. The van der Waals surface area contributed by atoms with Crippen molar-refractivity contribution < 1.29 is 23.5 Å². The van der Waals surface area contributed by atoms with E-state index in [-0.39, 0.29) is 15.8 Å². The van der Waals surface area contributed by atoms with Crippen LogP contribution in [0.4, 0.5) is 4.39 Å². The minimum atomic E-state index is -0.844. The van der Waals surface area contributed by atoms with Crippen LogP contribution in [0.1, 0.15) is 27.2 Å². The number of nitrogens with one attached hydrogen (secondary N) is 1. The summed E-state index contributed by atoms with van der Waals surface area (Å²) in [6.07, 6.45) is 2.25. The average molecular weight is 392 g/mol. The second-order valence-corrected chi connectivity index (χ2v) is 6.60. The topological polar surface area (TPSA) is 64.6 Å². The lowest BCUT2D eigenvalue weighted by Crippen LogP contribution is -2.48. The van der Waals surface area contributed by atoms with E-state index in [0.717, 1.165) is 0 Å². The van der Waals surface area contributed by atoms with Gasteiger partial charge >= 0.3 is 5.97 Å². The predicted molar refractivity (Wildman–Crippen MR) is 94.5 cm³/mol. The number of rotatable bonds is 7. The molecule has 1 aromatic rings. The molecule has 1 amide bonds. The predicted octanol–water partition coefficient (Wildman–Crippen LogP) is 3.91. The Morgan fingerprint density at radius 3 is 2.36 bits per heavy atom. The Balaban J connectivity index is 2.84. The van der Waals surface area contributed by atoms with Crippen LogP contribution in [-0.2, 0) is 14.3 Å². The zero-order chi connectivity index (χ0) is 19.2. The summed E-state index contributed by atoms with van der Waals surface area (Å²) in [5, 5.41) is 2.36. The molecule has 0 aliphatic heterocycles. The van der Waals surface area contributed by atoms with Crippen LogP contribution in [0.15, 0.2) is 24.3 Å². The minimum Gasteiger partial charge on any atom is -0.481 e. The highest BCUT2D eigenvalue weighted by Gasteiger charge is 2.25. The smallest absolute Gasteiger partial charge is 0.330 e. The summed E-state index contributed by atoms with van der Waals surface area (Å²) in [4.78, 5) is 23.6. The van der Waals surface area contributed by atoms with Crippen LogP contribution >= 0.6 is 23.2 Å². The number of ether oxygens (including phenoxy) is 2. The molecule has 0 saturated carbocycles. The molecule has 0 bridgehead atoms. The molecule has 1 aromatic carbocycles. The van der Waals surface area contributed by atoms with Gasteiger partial charge in [-0.25, -0.2) is 9.18 Å². The van der Waals surface area contributed by atoms with Gasteiger partial charge in [-0.3, -0.25) is 4.79 Å². The molecule has 0 aromatic heterocycles. The monoisotopic (exact) mass is 391 g/mol. The van der Waals surface area contributed by atoms with Gasteiger partial charge < -0.3 is 14.8 Å². The molecule has 0 fully saturated rings. The highest BCUT2D eigenvalue weighted by molar-refractivity contribution is 6.35. The minimum absolute atomic E-state index is 0.182. The van der Waals surface area contributed by atoms with Gasteiger partial charge in [0.2, 0.25) is 0 Å². The standard InChI is InChI=1S/C17H20Cl2FNO4/c1-5-13(25-10-8-11(18)15(20)12(19)9-10)16(23)21-17(2,3)7-6-14(22)24-4/h6-9,13H,5H2,1-4H3,(H,21,23)/b7-6+. The van der Waals surface area contributed by atoms with E-state index in [2.05, 4.69) is 10.1 Å². The molecule has 1 unspecified atom stereocenters. The number of carbonyl (C=O) groups excluding carboxylic acids is 2. The fourth-order valence-electron chi connectivity index (χ4n) is 1.87. The zero-order valence-electron chi connectivity index (χ0n) is 14.4. The fourth-order valence-corrected chi connectivity index (χ4v) is 2.34. The van der Waals surface area contributed by atoms with Gasteiger partial charge in [-0.2, -0.15) is 0 Å². The summed E-state index contributed by atoms with van der Waals surface area (Å²) in [7, 11) is 1.26. The first-order valence-electron chi connectivity index (χ1n) is 7.50. The van der Waals surface area contributed by atoms with Crippen molar-refractivity contribution in [1.82, 2.24) is 5.32 Å². The van der Waals surface area contributed by atoms with Gasteiger partial charge in [0, 0.05) is 18.2 Å². The molecule has 138 valence electrons. The quantitative estimate of drug-likeness (QED) is 0.434. The Labute approximate surface area is 156 Å². The number of benzene rings is 1. The lowest BCUT2D eigenvalue weighted by Gasteiger charge is -2.26. The van der Waals surface area contributed by atoms with Crippen LogP contribution in [0, 0.1) is 5.82 Å². The molecule has 0 radical (unpaired) electrons. The number of methoxy groups -OCH3 is 1. The molecular formula is C17H20Cl2FNO4. The van der Waals surface area contributed by atoms with E-state index in [4.69, 9.17) is 27.9 Å². The zero-order valence-corrected chi connectivity index (χ0v) is 15.9. The largest absolute Gasteiger partial charge is 0.481 e. The Morgan fingerprint density at radius 2 is 1.88 bits per heavy atom. The first kappa shape index (κ1) is 21.3. The van der Waals surface area contributed by atoms with E-state index >= 15 is 0 Å². The molecule has 0 aliphatic carbocycles. The van der Waals surface area contributed by atoms with Crippen molar-refractivity contribution in [3.05, 3.63) is 40.1 Å². The van der Waals surface area contributed by atoms with E-state index < -0.39 is 29.3 Å². The molecule has 0 saturated heterocycles. The number of esters is 1. The van der Waals surface area contributed by atoms with Crippen LogP contribution in [0.3, 0.4) is 0 Å². The van der Waals surface area contributed by atoms with Gasteiger partial charge in [0.15, 0.2) is 11.9 Å². The molecule has 0 spiro atoms. The summed E-state index contributed by atoms with van der Waals surface area (Å²) >= 11 is 11.4. The van der Waals surface area contributed by atoms with Crippen molar-refractivity contribution in [2.24, 2.45) is 0 Å². The van der Waals surface area contributed by atoms with Gasteiger partial charge in [-0.15, -0.1) is 0 Å². The Morgan fingerprint density at radius 1 is 1.32 bits per heavy atom. The summed E-state index contributed by atoms with van der Waals surface area (Å²) in [5.41, 5.74) is -0.805. The van der Waals surface area contributed by atoms with Crippen molar-refractivity contribution in [1.29, 1.82) is 0 Å². The van der Waals surface area contributed by atoms with Crippen molar-refractivity contribution in [3.8, 4) is 5.75 Å². The fraction of sp³-hybridized carbons (Fsp3) is 0.412. The molecule has 0 heterocycles. The van der Waals surface area contributed by atoms with Crippen LogP contribution in [-0.4, -0.2) is 30.6 Å². The van der Waals surface area contributed by atoms with Crippen molar-refractivity contribution in [2.45, 2.75) is 38.8 Å². The maximum atomic E-state index is 13.4. The molecular weight excluding hydrogens is 372 g/mol. The Hall–Kier alpha value is -1.79. The van der Waals surface area contributed by atoms with Crippen molar-refractivity contribution in [3.63, 3.8) is 0 Å². The molecule has 8 heteroatoms. The molecule has 1 N–H and O–H groups in total. The van der Waals surface area contributed by atoms with Crippen LogP contribution in [0.25, 0.3) is 0 Å². The Bertz CT molecular complexity index is 654. The Kier molecular flexibility index (Phi) is 7.70. The van der Waals surface area contributed by atoms with E-state index in [1.807, 2.05) is 0 Å². The van der Waals surface area contributed by atoms with Crippen LogP contribution < -0.4 is 10.1 Å². The first-order valence-corrected chi connectivity index (χ1v) is 8.25. The molecule has 1 atom stereocenters. The molecule has 5 nitrogen and oxygen atoms in total. The first-order chi connectivity index (χ1) is 11.6. The van der Waals surface area contributed by atoms with Crippen LogP contribution in [0.5, 0.6) is 5.75 Å². The number of hydrogen-bond donors (Lipinski definition) is 1. The van der Waals surface area contributed by atoms with Gasteiger partial charge in [0.1, 0.15) is 5.75 Å². The SMILES string of the molecule is CCC(Oc1cc(Cl)c(F)c(Cl)c1)C(=O)NC(C)(C)/C=C/C(=O)OC. The normalized spacial score (nSPS) is 12.8. The van der Waals surface area contributed by atoms with E-state index in [0.29, 0.717) is 6.42 Å². The van der Waals surface area contributed by atoms with Crippen molar-refractivity contribution in [2.75, 3.05) is 7.11 Å². The van der Waals surface area contributed by atoms with Crippen LogP contribution in [0.2, 0.25) is 10.0 Å². The number of halogens is 3. The maximum Gasteiger partial charge on any atom is 0.330 e. The highest BCUT2D eigenvalue weighted by atomic mass is 35.5. The summed E-state index contributed by atoms with van der Waals surface area (Å²) in [6.45, 7) is 5.18. The summed E-state index contributed by atoms with van der Waals surface area (Å²) in [6, 6.07) is 2.50. The number of hydrogen-bond acceptors (Lipinski definition) is 4. The third kappa shape index (κ3) is 6.55. The van der Waals surface area contributed by atoms with Gasteiger partial charge in [-0.05, 0) is 20.3 Å². The second-order valence-electron chi connectivity index (χ2n) is 5.78. The van der Waals surface area contributed by atoms with Gasteiger partial charge in [0.05, 0.1) is 22.7 Å². The lowest BCUT2D eigenvalue weighted by atomic mass is 10.0. The summed E-state index contributed by atoms with van der Waals surface area (Å²) in [5.74, 6) is -1.50. The van der Waals surface area contributed by atoms with E-state index in [1.165, 1.54) is 31.4 Å². The highest BCUT2D eigenvalue weighted by Crippen LogP contribution is 2.29. The average Bonchev–Trinajstić information content (AvgIpc) is 2.54. The van der Waals surface area contributed by atoms with E-state index in [9.17, 15) is 14.0 Å². The lowest BCUT2D eigenvalue weighted by molar-refractivity contribution is -0.135. The molecule has 1 rings (SSSR count). The molecule has 25 heavy (non-hydrogen) atoms. The van der Waals surface area contributed by atoms with Gasteiger partial charge in [0.25, 0.3) is 5.91 Å². The third-order valence-electron chi connectivity index (χ3n) is 3.18. The maximum absolute atomic E-state index is 13.4. The molecule has 0 aliphatic rings. The second kappa shape index (κ2) is 9.06. The summed E-state index contributed by atoms with van der Waals surface area (Å²) < 4.78 is 23.5. The third-order valence-corrected chi connectivity index (χ3v) is 3.73. The van der Waals surface area contributed by atoms with Gasteiger partial charge in [-0.1, -0.05) is 36.2 Å². The number of carbonyl (C=O) groups is 2. The van der Waals surface area contributed by atoms with Crippen molar-refractivity contribution >= 4 is 35.1 Å².